The van der Waals surface area contributed by atoms with Crippen molar-refractivity contribution in [3.8, 4) is 0 Å². The monoisotopic (exact) mass is 241 g/mol. The minimum absolute atomic E-state index is 0.0403. The van der Waals surface area contributed by atoms with E-state index in [9.17, 15) is 0 Å². The summed E-state index contributed by atoms with van der Waals surface area (Å²) in [6.45, 7) is 6.70. The van der Waals surface area contributed by atoms with Crippen LogP contribution in [-0.2, 0) is 17.9 Å². The third kappa shape index (κ3) is 4.50. The first-order valence-electron chi connectivity index (χ1n) is 6.12. The summed E-state index contributed by atoms with van der Waals surface area (Å²) in [7, 11) is 1.71. The predicted octanol–water partition coefficient (Wildman–Crippen LogP) is 2.02. The van der Waals surface area contributed by atoms with Crippen molar-refractivity contribution < 1.29 is 14.3 Å². The summed E-state index contributed by atoms with van der Waals surface area (Å²) in [5, 5.41) is 8.95. The number of aliphatic hydroxyl groups excluding tert-OH is 1. The molecule has 0 aliphatic rings. The molecule has 17 heavy (non-hydrogen) atoms. The van der Waals surface area contributed by atoms with E-state index in [4.69, 9.17) is 14.3 Å². The zero-order valence-electron chi connectivity index (χ0n) is 11.0. The standard InChI is InChI=1S/C13H23NO3/c1-4-11(2)14(7-8-16-3)9-12-5-6-13(10-15)17-12/h5-6,11,15H,4,7-10H2,1-3H3. The number of hydrogen-bond acceptors (Lipinski definition) is 4. The van der Waals surface area contributed by atoms with E-state index in [-0.39, 0.29) is 6.61 Å². The van der Waals surface area contributed by atoms with Gasteiger partial charge in [0.2, 0.25) is 0 Å². The minimum Gasteiger partial charge on any atom is -0.462 e. The normalized spacial score (nSPS) is 13.2. The van der Waals surface area contributed by atoms with E-state index in [1.54, 1.807) is 7.11 Å². The van der Waals surface area contributed by atoms with Crippen LogP contribution in [0.25, 0.3) is 0 Å². The molecule has 4 nitrogen and oxygen atoms in total. The van der Waals surface area contributed by atoms with Gasteiger partial charge in [0.15, 0.2) is 0 Å². The molecule has 0 amide bonds. The van der Waals surface area contributed by atoms with Gasteiger partial charge in [-0.25, -0.2) is 0 Å². The zero-order valence-corrected chi connectivity index (χ0v) is 11.0. The number of furan rings is 1. The second-order valence-corrected chi connectivity index (χ2v) is 4.25. The highest BCUT2D eigenvalue weighted by atomic mass is 16.5. The molecule has 1 aromatic rings. The van der Waals surface area contributed by atoms with Crippen LogP contribution >= 0.6 is 0 Å². The predicted molar refractivity (Wildman–Crippen MR) is 66.7 cm³/mol. The molecule has 1 rings (SSSR count). The van der Waals surface area contributed by atoms with Gasteiger partial charge in [-0.15, -0.1) is 0 Å². The molecule has 1 aromatic heterocycles. The maximum absolute atomic E-state index is 8.95. The average molecular weight is 241 g/mol. The molecule has 1 heterocycles. The molecule has 0 aromatic carbocycles. The van der Waals surface area contributed by atoms with Crippen molar-refractivity contribution in [2.24, 2.45) is 0 Å². The van der Waals surface area contributed by atoms with E-state index in [0.29, 0.717) is 11.8 Å². The second-order valence-electron chi connectivity index (χ2n) is 4.25. The van der Waals surface area contributed by atoms with Crippen molar-refractivity contribution in [3.63, 3.8) is 0 Å². The van der Waals surface area contributed by atoms with Gasteiger partial charge in [0.05, 0.1) is 13.2 Å². The maximum atomic E-state index is 8.95. The van der Waals surface area contributed by atoms with E-state index in [0.717, 1.165) is 31.9 Å². The largest absolute Gasteiger partial charge is 0.462 e. The smallest absolute Gasteiger partial charge is 0.129 e. The van der Waals surface area contributed by atoms with Crippen molar-refractivity contribution in [3.05, 3.63) is 23.7 Å². The molecule has 1 N–H and O–H groups in total. The first-order valence-corrected chi connectivity index (χ1v) is 6.12. The molecule has 0 saturated carbocycles. The summed E-state index contributed by atoms with van der Waals surface area (Å²) < 4.78 is 10.6. The van der Waals surface area contributed by atoms with Crippen LogP contribution in [0.1, 0.15) is 31.8 Å². The Morgan fingerprint density at radius 3 is 2.65 bits per heavy atom. The third-order valence-electron chi connectivity index (χ3n) is 3.03. The van der Waals surface area contributed by atoms with Crippen molar-refractivity contribution in [1.29, 1.82) is 0 Å². The number of nitrogens with zero attached hydrogens (tertiary/aromatic N) is 1. The average Bonchev–Trinajstić information content (AvgIpc) is 2.81. The van der Waals surface area contributed by atoms with Crippen LogP contribution in [0.2, 0.25) is 0 Å². The number of ether oxygens (including phenoxy) is 1. The molecule has 1 atom stereocenters. The molecule has 0 saturated heterocycles. The molecular weight excluding hydrogens is 218 g/mol. The van der Waals surface area contributed by atoms with E-state index < -0.39 is 0 Å². The lowest BCUT2D eigenvalue weighted by atomic mass is 10.2. The van der Waals surface area contributed by atoms with Gasteiger partial charge in [-0.2, -0.15) is 0 Å². The first kappa shape index (κ1) is 14.2. The molecule has 0 fully saturated rings. The highest BCUT2D eigenvalue weighted by Crippen LogP contribution is 2.13. The van der Waals surface area contributed by atoms with Gasteiger partial charge in [0.25, 0.3) is 0 Å². The maximum Gasteiger partial charge on any atom is 0.129 e. The van der Waals surface area contributed by atoms with Crippen LogP contribution in [0, 0.1) is 0 Å². The Balaban J connectivity index is 2.57. The van der Waals surface area contributed by atoms with Crippen LogP contribution in [0.5, 0.6) is 0 Å². The van der Waals surface area contributed by atoms with E-state index in [1.165, 1.54) is 0 Å². The summed E-state index contributed by atoms with van der Waals surface area (Å²) in [6.07, 6.45) is 1.09. The van der Waals surface area contributed by atoms with Crippen LogP contribution < -0.4 is 0 Å². The number of methoxy groups -OCH3 is 1. The van der Waals surface area contributed by atoms with Crippen molar-refractivity contribution >= 4 is 0 Å². The minimum atomic E-state index is -0.0403. The summed E-state index contributed by atoms with van der Waals surface area (Å²) in [4.78, 5) is 2.32. The fourth-order valence-corrected chi connectivity index (χ4v) is 1.71. The Hall–Kier alpha value is -0.840. The van der Waals surface area contributed by atoms with Crippen LogP contribution in [0.3, 0.4) is 0 Å². The SMILES string of the molecule is CCC(C)N(CCOC)Cc1ccc(CO)o1. The topological polar surface area (TPSA) is 45.8 Å². The lowest BCUT2D eigenvalue weighted by Gasteiger charge is -2.27. The Morgan fingerprint density at radius 2 is 2.12 bits per heavy atom. The molecule has 0 spiro atoms. The third-order valence-corrected chi connectivity index (χ3v) is 3.03. The molecular formula is C13H23NO3. The molecule has 0 radical (unpaired) electrons. The van der Waals surface area contributed by atoms with Crippen molar-refractivity contribution in [2.45, 2.75) is 39.5 Å². The van der Waals surface area contributed by atoms with Gasteiger partial charge in [0.1, 0.15) is 18.1 Å². The van der Waals surface area contributed by atoms with E-state index in [1.807, 2.05) is 12.1 Å². The molecule has 98 valence electrons. The van der Waals surface area contributed by atoms with Crippen molar-refractivity contribution in [1.82, 2.24) is 4.90 Å². The summed E-state index contributed by atoms with van der Waals surface area (Å²) >= 11 is 0. The molecule has 0 aliphatic heterocycles. The number of aliphatic hydroxyl groups is 1. The van der Waals surface area contributed by atoms with E-state index in [2.05, 4.69) is 18.7 Å². The summed E-state index contributed by atoms with van der Waals surface area (Å²) in [5.41, 5.74) is 0. The van der Waals surface area contributed by atoms with Crippen LogP contribution in [-0.4, -0.2) is 36.3 Å². The fourth-order valence-electron chi connectivity index (χ4n) is 1.71. The Kier molecular flexibility index (Phi) is 6.26. The van der Waals surface area contributed by atoms with Gasteiger partial charge in [-0.1, -0.05) is 6.92 Å². The highest BCUT2D eigenvalue weighted by molar-refractivity contribution is 5.06. The fraction of sp³-hybridized carbons (Fsp3) is 0.692. The zero-order chi connectivity index (χ0) is 12.7. The quantitative estimate of drug-likeness (QED) is 0.756. The summed E-state index contributed by atoms with van der Waals surface area (Å²) in [5.74, 6) is 1.52. The van der Waals surface area contributed by atoms with Gasteiger partial charge in [0, 0.05) is 19.7 Å². The Labute approximate surface area is 103 Å². The second kappa shape index (κ2) is 7.48. The Bertz CT molecular complexity index is 311. The van der Waals surface area contributed by atoms with Gasteiger partial charge >= 0.3 is 0 Å². The number of hydrogen-bond donors (Lipinski definition) is 1. The highest BCUT2D eigenvalue weighted by Gasteiger charge is 2.14. The molecule has 1 unspecified atom stereocenters. The Morgan fingerprint density at radius 1 is 1.41 bits per heavy atom. The van der Waals surface area contributed by atoms with Crippen LogP contribution in [0.15, 0.2) is 16.5 Å². The van der Waals surface area contributed by atoms with E-state index >= 15 is 0 Å². The van der Waals surface area contributed by atoms with Crippen LogP contribution in [0.4, 0.5) is 0 Å². The molecule has 0 aliphatic carbocycles. The van der Waals surface area contributed by atoms with Gasteiger partial charge in [-0.3, -0.25) is 4.90 Å². The first-order chi connectivity index (χ1) is 8.21. The molecule has 4 heteroatoms. The lowest BCUT2D eigenvalue weighted by Crippen LogP contribution is -2.34. The van der Waals surface area contributed by atoms with Gasteiger partial charge < -0.3 is 14.3 Å². The van der Waals surface area contributed by atoms with Gasteiger partial charge in [-0.05, 0) is 25.5 Å². The molecule has 0 bridgehead atoms. The number of rotatable bonds is 8. The lowest BCUT2D eigenvalue weighted by molar-refractivity contribution is 0.111. The summed E-state index contributed by atoms with van der Waals surface area (Å²) in [6, 6.07) is 4.24. The van der Waals surface area contributed by atoms with Crippen molar-refractivity contribution in [2.75, 3.05) is 20.3 Å².